The maximum absolute atomic E-state index is 12.6. The van der Waals surface area contributed by atoms with Gasteiger partial charge in [-0.05, 0) is 51.4 Å². The Morgan fingerprint density at radius 1 is 1.22 bits per heavy atom. The van der Waals surface area contributed by atoms with E-state index in [0.717, 1.165) is 25.7 Å². The maximum Gasteiger partial charge on any atom is 0.174 e. The number of ketones is 1. The van der Waals surface area contributed by atoms with E-state index in [-0.39, 0.29) is 11.7 Å². The first-order valence-corrected chi connectivity index (χ1v) is 7.09. The minimum atomic E-state index is -1.16. The molecule has 18 heavy (non-hydrogen) atoms. The van der Waals surface area contributed by atoms with E-state index in [4.69, 9.17) is 0 Å². The van der Waals surface area contributed by atoms with Crippen molar-refractivity contribution in [3.8, 4) is 0 Å². The van der Waals surface area contributed by atoms with Gasteiger partial charge in [-0.2, -0.15) is 0 Å². The SMILES string of the molecule is C[C@@]1(O)C(=O)[C@@]2(C)C=C[C@@H]1[C@@H]1CC/C=C\CC[C@@H]12. The van der Waals surface area contributed by atoms with Crippen molar-refractivity contribution in [3.05, 3.63) is 24.3 Å². The molecule has 0 heterocycles. The van der Waals surface area contributed by atoms with Gasteiger partial charge in [-0.25, -0.2) is 0 Å². The number of fused-ring (bicyclic) bond motifs is 1. The predicted molar refractivity (Wildman–Crippen MR) is 71.0 cm³/mol. The Hall–Kier alpha value is -0.890. The molecule has 0 unspecified atom stereocenters. The molecule has 1 N–H and O–H groups in total. The number of aliphatic hydroxyl groups is 1. The van der Waals surface area contributed by atoms with Gasteiger partial charge in [-0.15, -0.1) is 0 Å². The first kappa shape index (κ1) is 12.2. The van der Waals surface area contributed by atoms with Crippen LogP contribution in [0.3, 0.4) is 0 Å². The lowest BCUT2D eigenvalue weighted by molar-refractivity contribution is -0.169. The van der Waals surface area contributed by atoms with Gasteiger partial charge in [0, 0.05) is 5.92 Å². The van der Waals surface area contributed by atoms with Crippen LogP contribution in [0.25, 0.3) is 0 Å². The largest absolute Gasteiger partial charge is 0.382 e. The van der Waals surface area contributed by atoms with Crippen molar-refractivity contribution in [2.24, 2.45) is 23.2 Å². The highest BCUT2D eigenvalue weighted by Crippen LogP contribution is 2.57. The van der Waals surface area contributed by atoms with Crippen molar-refractivity contribution in [3.63, 3.8) is 0 Å². The van der Waals surface area contributed by atoms with E-state index in [1.807, 2.05) is 6.92 Å². The van der Waals surface area contributed by atoms with Crippen LogP contribution in [0.4, 0.5) is 0 Å². The number of carbonyl (C=O) groups excluding carboxylic acids is 1. The number of hydrogen-bond acceptors (Lipinski definition) is 2. The van der Waals surface area contributed by atoms with Crippen molar-refractivity contribution in [2.75, 3.05) is 0 Å². The van der Waals surface area contributed by atoms with Gasteiger partial charge in [0.05, 0.1) is 5.41 Å². The third kappa shape index (κ3) is 1.41. The molecular weight excluding hydrogens is 224 g/mol. The molecule has 4 aliphatic carbocycles. The molecule has 1 saturated carbocycles. The van der Waals surface area contributed by atoms with Gasteiger partial charge >= 0.3 is 0 Å². The minimum Gasteiger partial charge on any atom is -0.382 e. The lowest BCUT2D eigenvalue weighted by Gasteiger charge is -2.56. The van der Waals surface area contributed by atoms with Crippen LogP contribution in [-0.2, 0) is 4.79 Å². The summed E-state index contributed by atoms with van der Waals surface area (Å²) in [6.07, 6.45) is 13.0. The van der Waals surface area contributed by atoms with E-state index in [0.29, 0.717) is 11.8 Å². The highest BCUT2D eigenvalue weighted by atomic mass is 16.3. The Morgan fingerprint density at radius 3 is 2.61 bits per heavy atom. The Bertz CT molecular complexity index is 432. The summed E-state index contributed by atoms with van der Waals surface area (Å²) in [5, 5.41) is 10.6. The van der Waals surface area contributed by atoms with Gasteiger partial charge in [-0.1, -0.05) is 24.3 Å². The number of carbonyl (C=O) groups is 1. The minimum absolute atomic E-state index is 0.0170. The molecule has 0 aliphatic heterocycles. The summed E-state index contributed by atoms with van der Waals surface area (Å²) in [6, 6.07) is 0. The Morgan fingerprint density at radius 2 is 1.89 bits per heavy atom. The lowest BCUT2D eigenvalue weighted by Crippen LogP contribution is -2.63. The summed E-state index contributed by atoms with van der Waals surface area (Å²) in [5.41, 5.74) is -1.61. The van der Waals surface area contributed by atoms with Crippen LogP contribution in [0.5, 0.6) is 0 Å². The molecule has 4 aliphatic rings. The fraction of sp³-hybridized carbons (Fsp3) is 0.688. The van der Waals surface area contributed by atoms with Crippen molar-refractivity contribution in [1.29, 1.82) is 0 Å². The summed E-state index contributed by atoms with van der Waals surface area (Å²) in [7, 11) is 0. The van der Waals surface area contributed by atoms with Crippen LogP contribution in [0, 0.1) is 23.2 Å². The number of rotatable bonds is 0. The van der Waals surface area contributed by atoms with Crippen LogP contribution in [0.2, 0.25) is 0 Å². The Labute approximate surface area is 109 Å². The third-order valence-electron chi connectivity index (χ3n) is 5.47. The molecule has 0 aromatic carbocycles. The van der Waals surface area contributed by atoms with Crippen molar-refractivity contribution < 1.29 is 9.90 Å². The zero-order valence-corrected chi connectivity index (χ0v) is 11.2. The first-order chi connectivity index (χ1) is 8.48. The lowest BCUT2D eigenvalue weighted by atomic mass is 9.47. The molecule has 98 valence electrons. The quantitative estimate of drug-likeness (QED) is 0.667. The van der Waals surface area contributed by atoms with Gasteiger partial charge in [0.2, 0.25) is 0 Å². The highest BCUT2D eigenvalue weighted by molar-refractivity contribution is 5.96. The molecule has 5 atom stereocenters. The molecule has 0 saturated heterocycles. The molecule has 2 heteroatoms. The maximum atomic E-state index is 12.6. The fourth-order valence-electron chi connectivity index (χ4n) is 4.50. The zero-order chi connectivity index (χ0) is 13.0. The van der Waals surface area contributed by atoms with E-state index >= 15 is 0 Å². The van der Waals surface area contributed by atoms with E-state index in [9.17, 15) is 9.90 Å². The van der Waals surface area contributed by atoms with E-state index in [1.54, 1.807) is 6.92 Å². The number of allylic oxidation sites excluding steroid dienone is 3. The average Bonchev–Trinajstić information content (AvgIpc) is 2.27. The Kier molecular flexibility index (Phi) is 2.57. The second-order valence-electron chi connectivity index (χ2n) is 6.54. The topological polar surface area (TPSA) is 37.3 Å². The van der Waals surface area contributed by atoms with Crippen LogP contribution >= 0.6 is 0 Å². The molecule has 0 radical (unpaired) electrons. The molecule has 0 amide bonds. The number of hydrogen-bond donors (Lipinski definition) is 1. The predicted octanol–water partition coefficient (Wildman–Crippen LogP) is 2.88. The molecule has 2 bridgehead atoms. The zero-order valence-electron chi connectivity index (χ0n) is 11.2. The van der Waals surface area contributed by atoms with Crippen LogP contribution in [0.1, 0.15) is 39.5 Å². The highest BCUT2D eigenvalue weighted by Gasteiger charge is 2.61. The molecule has 1 fully saturated rings. The first-order valence-electron chi connectivity index (χ1n) is 7.09. The second kappa shape index (κ2) is 3.80. The smallest absolute Gasteiger partial charge is 0.174 e. The van der Waals surface area contributed by atoms with E-state index in [2.05, 4.69) is 24.3 Å². The molecule has 0 aromatic rings. The third-order valence-corrected chi connectivity index (χ3v) is 5.47. The van der Waals surface area contributed by atoms with Gasteiger partial charge in [0.25, 0.3) is 0 Å². The Balaban J connectivity index is 2.06. The van der Waals surface area contributed by atoms with Crippen LogP contribution in [-0.4, -0.2) is 16.5 Å². The summed E-state index contributed by atoms with van der Waals surface area (Å²) < 4.78 is 0. The monoisotopic (exact) mass is 246 g/mol. The summed E-state index contributed by atoms with van der Waals surface area (Å²) >= 11 is 0. The molecule has 0 spiro atoms. The van der Waals surface area contributed by atoms with Crippen molar-refractivity contribution in [2.45, 2.75) is 45.1 Å². The standard InChI is InChI=1S/C16H22O2/c1-15-10-9-13(16(2,18)14(15)17)11-7-5-3-4-6-8-12(11)15/h3-4,9-13,18H,5-8H2,1-2H3/b4-3-/t11-,12+,13-,15+,16+/m1/s1. The summed E-state index contributed by atoms with van der Waals surface area (Å²) in [4.78, 5) is 12.6. The number of Topliss-reactive ketones (excluding diaryl/α,β-unsaturated/α-hetero) is 1. The van der Waals surface area contributed by atoms with Gasteiger partial charge < -0.3 is 5.11 Å². The van der Waals surface area contributed by atoms with Crippen LogP contribution in [0.15, 0.2) is 24.3 Å². The van der Waals surface area contributed by atoms with E-state index < -0.39 is 11.0 Å². The van der Waals surface area contributed by atoms with Gasteiger partial charge in [0.1, 0.15) is 5.60 Å². The second-order valence-corrected chi connectivity index (χ2v) is 6.54. The van der Waals surface area contributed by atoms with Crippen LogP contribution < -0.4 is 0 Å². The summed E-state index contributed by atoms with van der Waals surface area (Å²) in [6.45, 7) is 3.74. The van der Waals surface area contributed by atoms with Crippen molar-refractivity contribution in [1.82, 2.24) is 0 Å². The van der Waals surface area contributed by atoms with Gasteiger partial charge in [0.15, 0.2) is 5.78 Å². The molecule has 0 aromatic heterocycles. The van der Waals surface area contributed by atoms with Gasteiger partial charge in [-0.3, -0.25) is 4.79 Å². The van der Waals surface area contributed by atoms with Crippen molar-refractivity contribution >= 4 is 5.78 Å². The molecule has 4 rings (SSSR count). The van der Waals surface area contributed by atoms with E-state index in [1.165, 1.54) is 0 Å². The average molecular weight is 246 g/mol. The molecular formula is C16H22O2. The fourth-order valence-corrected chi connectivity index (χ4v) is 4.50. The normalized spacial score (nSPS) is 52.6. The summed E-state index contributed by atoms with van der Waals surface area (Å²) in [5.74, 6) is 0.916. The molecule has 2 nitrogen and oxygen atoms in total.